The predicted octanol–water partition coefficient (Wildman–Crippen LogP) is 4.55. The largest absolute Gasteiger partial charge is 0.443 e. The highest BCUT2D eigenvalue weighted by Crippen LogP contribution is 2.44. The van der Waals surface area contributed by atoms with Gasteiger partial charge in [0.25, 0.3) is 11.8 Å². The number of halogens is 5. The minimum atomic E-state index is -4.52. The van der Waals surface area contributed by atoms with Crippen LogP contribution in [0.4, 0.5) is 26.7 Å². The van der Waals surface area contributed by atoms with Gasteiger partial charge in [-0.25, -0.2) is 19.0 Å². The Morgan fingerprint density at radius 1 is 1.16 bits per heavy atom. The first-order chi connectivity index (χ1) is 17.0. The zero-order valence-corrected chi connectivity index (χ0v) is 20.9. The van der Waals surface area contributed by atoms with E-state index in [-0.39, 0.29) is 28.5 Å². The first kappa shape index (κ1) is 27.0. The Morgan fingerprint density at radius 3 is 2.32 bits per heavy atom. The van der Waals surface area contributed by atoms with E-state index in [1.54, 1.807) is 20.8 Å². The molecular weight excluding hydrogens is 521 g/mol. The number of hydrogen-bond donors (Lipinski definition) is 2. The second kappa shape index (κ2) is 9.34. The molecule has 2 atom stereocenters. The molecule has 1 saturated carbocycles. The molecule has 1 fully saturated rings. The zero-order valence-electron chi connectivity index (χ0n) is 20.0. The fraction of sp³-hybridized carbons (Fsp3) is 0.458. The number of nitrogens with one attached hydrogen (secondary N) is 2. The van der Waals surface area contributed by atoms with Gasteiger partial charge in [0, 0.05) is 12.3 Å². The number of ether oxygens (including phenoxy) is 1. The fourth-order valence-corrected chi connectivity index (χ4v) is 5.00. The fourth-order valence-electron chi connectivity index (χ4n) is 3.88. The summed E-state index contributed by atoms with van der Waals surface area (Å²) in [5.74, 6) is -5.23. The van der Waals surface area contributed by atoms with Crippen LogP contribution in [0.1, 0.15) is 38.3 Å². The van der Waals surface area contributed by atoms with E-state index >= 15 is 0 Å². The van der Waals surface area contributed by atoms with Crippen molar-refractivity contribution < 1.29 is 41.1 Å². The number of alkyl halides is 5. The maximum absolute atomic E-state index is 13.4. The van der Waals surface area contributed by atoms with Gasteiger partial charge in [-0.3, -0.25) is 14.6 Å². The van der Waals surface area contributed by atoms with Gasteiger partial charge in [0.2, 0.25) is 0 Å². The smallest absolute Gasteiger partial charge is 0.426 e. The van der Waals surface area contributed by atoms with Crippen LogP contribution in [0.3, 0.4) is 0 Å². The molecule has 0 bridgehead atoms. The monoisotopic (exact) mass is 545 g/mol. The predicted molar refractivity (Wildman–Crippen MR) is 124 cm³/mol. The van der Waals surface area contributed by atoms with E-state index in [0.717, 1.165) is 23.9 Å². The Kier molecular flexibility index (Phi) is 6.80. The Balaban J connectivity index is 1.61. The lowest BCUT2D eigenvalue weighted by molar-refractivity contribution is -0.137. The molecule has 13 heteroatoms. The Bertz CT molecular complexity index is 1190. The molecule has 2 amide bonds. The highest BCUT2D eigenvalue weighted by molar-refractivity contribution is 8.03. The van der Waals surface area contributed by atoms with Crippen LogP contribution >= 0.6 is 11.8 Å². The lowest BCUT2D eigenvalue weighted by Crippen LogP contribution is -2.45. The minimum absolute atomic E-state index is 0.00676. The number of benzene rings is 1. The van der Waals surface area contributed by atoms with Crippen molar-refractivity contribution >= 4 is 29.5 Å². The average molecular weight is 546 g/mol. The number of hydrazine groups is 1. The third-order valence-electron chi connectivity index (χ3n) is 5.74. The van der Waals surface area contributed by atoms with Crippen LogP contribution in [-0.2, 0) is 26.9 Å². The Labute approximate surface area is 213 Å². The van der Waals surface area contributed by atoms with Gasteiger partial charge >= 0.3 is 12.3 Å². The number of ketones is 1. The summed E-state index contributed by atoms with van der Waals surface area (Å²) in [5, 5.41) is 3.49. The van der Waals surface area contributed by atoms with Crippen molar-refractivity contribution in [3.8, 4) is 0 Å². The maximum Gasteiger partial charge on any atom is 0.426 e. The first-order valence-corrected chi connectivity index (χ1v) is 12.3. The summed E-state index contributed by atoms with van der Waals surface area (Å²) in [6.45, 7) is 4.96. The van der Waals surface area contributed by atoms with Gasteiger partial charge in [-0.15, -0.1) is 0 Å². The van der Waals surface area contributed by atoms with Crippen molar-refractivity contribution in [2.75, 3.05) is 5.88 Å². The molecule has 0 radical (unpaired) electrons. The zero-order chi connectivity index (χ0) is 27.3. The first-order valence-electron chi connectivity index (χ1n) is 11.3. The van der Waals surface area contributed by atoms with Gasteiger partial charge in [0.1, 0.15) is 11.3 Å². The van der Waals surface area contributed by atoms with Gasteiger partial charge < -0.3 is 10.1 Å². The van der Waals surface area contributed by atoms with E-state index in [9.17, 15) is 36.3 Å². The number of nitrogens with zero attached hydrogens (tertiary/aromatic N) is 1. The van der Waals surface area contributed by atoms with E-state index in [4.69, 9.17) is 4.74 Å². The van der Waals surface area contributed by atoms with Gasteiger partial charge in [-0.1, -0.05) is 30.0 Å². The molecule has 0 saturated heterocycles. The van der Waals surface area contributed by atoms with E-state index in [0.29, 0.717) is 5.56 Å². The number of allylic oxidation sites excluding steroid dienone is 2. The number of rotatable bonds is 5. The molecule has 1 aliphatic heterocycles. The number of carbonyl (C=O) groups excluding carboxylic acids is 3. The molecule has 0 spiro atoms. The number of amides is 2. The lowest BCUT2D eigenvalue weighted by atomic mass is 9.86. The molecule has 2 N–H and O–H groups in total. The van der Waals surface area contributed by atoms with E-state index in [1.807, 2.05) is 0 Å². The summed E-state index contributed by atoms with van der Waals surface area (Å²) in [4.78, 5) is 38.9. The molecule has 1 unspecified atom stereocenters. The molecule has 4 rings (SSSR count). The Morgan fingerprint density at radius 2 is 1.78 bits per heavy atom. The topological polar surface area (TPSA) is 87.7 Å². The molecule has 2 aliphatic carbocycles. The van der Waals surface area contributed by atoms with Crippen LogP contribution in [0.15, 0.2) is 46.5 Å². The highest BCUT2D eigenvalue weighted by atomic mass is 32.2. The van der Waals surface area contributed by atoms with Gasteiger partial charge in [-0.2, -0.15) is 13.2 Å². The summed E-state index contributed by atoms with van der Waals surface area (Å²) >= 11 is 1.07. The third kappa shape index (κ3) is 6.08. The van der Waals surface area contributed by atoms with Crippen LogP contribution in [0.2, 0.25) is 0 Å². The van der Waals surface area contributed by atoms with Crippen LogP contribution < -0.4 is 10.7 Å². The van der Waals surface area contributed by atoms with Crippen molar-refractivity contribution in [3.05, 3.63) is 57.6 Å². The van der Waals surface area contributed by atoms with Crippen molar-refractivity contribution in [1.82, 2.24) is 15.8 Å². The summed E-state index contributed by atoms with van der Waals surface area (Å²) in [5.41, 5.74) is 1.18. The Hall–Kier alpha value is -3.09. The standard InChI is InChI=1S/C24H24F5N3O4S/c1-22(2,3)36-21(35)31-32-11-37-19-15(20(34)30-16-10-23(16,25)26)9-13(18(33)17(19)32)8-12-4-6-14(7-5-12)24(27,28)29/h4-7,9,13,16H,8,10-11H2,1-3H3,(H,30,34)(H,31,35)/t13?,16-/m1/s1. The van der Waals surface area contributed by atoms with Gasteiger partial charge in [-0.05, 0) is 44.9 Å². The van der Waals surface area contributed by atoms with Gasteiger partial charge in [0.15, 0.2) is 5.78 Å². The number of thioether (sulfide) groups is 1. The number of hydrogen-bond acceptors (Lipinski definition) is 6. The number of Topliss-reactive ketones (excluding diaryl/α,β-unsaturated/α-hetero) is 1. The summed E-state index contributed by atoms with van der Waals surface area (Å²) < 4.78 is 70.8. The normalized spacial score (nSPS) is 22.9. The highest BCUT2D eigenvalue weighted by Gasteiger charge is 2.58. The van der Waals surface area contributed by atoms with Crippen LogP contribution in [0.5, 0.6) is 0 Å². The van der Waals surface area contributed by atoms with Crippen molar-refractivity contribution in [1.29, 1.82) is 0 Å². The second-order valence-electron chi connectivity index (χ2n) is 9.93. The van der Waals surface area contributed by atoms with Gasteiger partial charge in [0.05, 0.1) is 28.0 Å². The molecule has 1 aromatic rings. The lowest BCUT2D eigenvalue weighted by Gasteiger charge is -2.28. The van der Waals surface area contributed by atoms with E-state index in [1.165, 1.54) is 23.2 Å². The molecule has 0 aromatic heterocycles. The minimum Gasteiger partial charge on any atom is -0.443 e. The maximum atomic E-state index is 13.4. The molecule has 200 valence electrons. The van der Waals surface area contributed by atoms with Crippen molar-refractivity contribution in [3.63, 3.8) is 0 Å². The summed E-state index contributed by atoms with van der Waals surface area (Å²) in [7, 11) is 0. The van der Waals surface area contributed by atoms with E-state index in [2.05, 4.69) is 10.7 Å². The molecule has 3 aliphatic rings. The van der Waals surface area contributed by atoms with E-state index < -0.39 is 59.4 Å². The summed E-state index contributed by atoms with van der Waals surface area (Å²) in [6.07, 6.45) is -4.56. The molecule has 1 aromatic carbocycles. The summed E-state index contributed by atoms with van der Waals surface area (Å²) in [6, 6.07) is 2.93. The van der Waals surface area contributed by atoms with Crippen LogP contribution in [0.25, 0.3) is 0 Å². The third-order valence-corrected chi connectivity index (χ3v) is 6.83. The molecular formula is C24H24F5N3O4S. The van der Waals surface area contributed by atoms with Crippen LogP contribution in [0, 0.1) is 5.92 Å². The quantitative estimate of drug-likeness (QED) is 0.528. The average Bonchev–Trinajstić information content (AvgIpc) is 3.15. The van der Waals surface area contributed by atoms with Crippen molar-refractivity contribution in [2.24, 2.45) is 5.92 Å². The second-order valence-corrected chi connectivity index (χ2v) is 10.9. The van der Waals surface area contributed by atoms with Crippen molar-refractivity contribution in [2.45, 2.75) is 57.4 Å². The molecule has 7 nitrogen and oxygen atoms in total. The molecule has 37 heavy (non-hydrogen) atoms. The number of carbonyl (C=O) groups is 3. The molecule has 1 heterocycles. The van der Waals surface area contributed by atoms with Crippen LogP contribution in [-0.4, -0.2) is 46.2 Å². The SMILES string of the molecule is CC(C)(C)OC(=O)NN1CSC2=C1C(=O)C(Cc1ccc(C(F)(F)F)cc1)C=C2C(=O)N[C@@H]1CC1(F)F.